The molecule has 0 N–H and O–H groups in total. The van der Waals surface area contributed by atoms with Crippen molar-refractivity contribution < 1.29 is 13.6 Å². The summed E-state index contributed by atoms with van der Waals surface area (Å²) >= 11 is 6.12. The van der Waals surface area contributed by atoms with E-state index < -0.39 is 0 Å². The van der Waals surface area contributed by atoms with Crippen LogP contribution in [0.4, 0.5) is 0 Å². The van der Waals surface area contributed by atoms with Gasteiger partial charge in [0.1, 0.15) is 18.1 Å². The van der Waals surface area contributed by atoms with Crippen molar-refractivity contribution in [3.05, 3.63) is 83.3 Å². The monoisotopic (exact) mass is 382 g/mol. The average molecular weight is 383 g/mol. The summed E-state index contributed by atoms with van der Waals surface area (Å²) in [6, 6.07) is 11.4. The number of hydrogen-bond donors (Lipinski definition) is 0. The van der Waals surface area contributed by atoms with Crippen LogP contribution in [0, 0.1) is 6.92 Å². The van der Waals surface area contributed by atoms with E-state index in [2.05, 4.69) is 16.8 Å². The van der Waals surface area contributed by atoms with Crippen LogP contribution in [-0.4, -0.2) is 10.2 Å². The average Bonchev–Trinajstić information content (AvgIpc) is 3.32. The lowest BCUT2D eigenvalue weighted by Crippen LogP contribution is -1.92. The molecule has 138 valence electrons. The van der Waals surface area contributed by atoms with Crippen molar-refractivity contribution in [3.63, 3.8) is 0 Å². The summed E-state index contributed by atoms with van der Waals surface area (Å²) in [5.41, 5.74) is 2.02. The largest absolute Gasteiger partial charge is 0.484 e. The highest BCUT2D eigenvalue weighted by atomic mass is 35.5. The molecule has 1 aromatic carbocycles. The normalized spacial score (nSPS) is 12.3. The summed E-state index contributed by atoms with van der Waals surface area (Å²) in [5, 5.41) is 8.61. The van der Waals surface area contributed by atoms with E-state index in [-0.39, 0.29) is 6.61 Å². The third kappa shape index (κ3) is 4.57. The van der Waals surface area contributed by atoms with E-state index in [9.17, 15) is 0 Å². The van der Waals surface area contributed by atoms with Crippen molar-refractivity contribution in [1.29, 1.82) is 0 Å². The molecule has 0 aliphatic carbocycles. The first kappa shape index (κ1) is 18.7. The standard InChI is InChI=1S/C21H19ClN2O3/c1-4-6-17(22)18(5-2)25-13-16-11-12-19(26-16)21-24-23-20(27-21)15-9-7-14(3)8-10-15/h4-12H,1,13H2,2-3H3/b17-6+,18-5+. The van der Waals surface area contributed by atoms with Gasteiger partial charge in [-0.1, -0.05) is 42.0 Å². The van der Waals surface area contributed by atoms with Crippen LogP contribution in [0.5, 0.6) is 0 Å². The summed E-state index contributed by atoms with van der Waals surface area (Å²) in [4.78, 5) is 0. The highest BCUT2D eigenvalue weighted by Gasteiger charge is 2.14. The number of rotatable bonds is 7. The Morgan fingerprint density at radius 3 is 2.56 bits per heavy atom. The van der Waals surface area contributed by atoms with Crippen molar-refractivity contribution in [2.75, 3.05) is 0 Å². The Labute approximate surface area is 162 Å². The van der Waals surface area contributed by atoms with Gasteiger partial charge in [-0.25, -0.2) is 0 Å². The number of nitrogens with zero attached hydrogens (tertiary/aromatic N) is 2. The number of hydrogen-bond acceptors (Lipinski definition) is 5. The minimum absolute atomic E-state index is 0.222. The van der Waals surface area contributed by atoms with Crippen molar-refractivity contribution in [3.8, 4) is 23.1 Å². The number of aryl methyl sites for hydroxylation is 1. The van der Waals surface area contributed by atoms with Crippen LogP contribution in [0.3, 0.4) is 0 Å². The van der Waals surface area contributed by atoms with Crippen LogP contribution in [0.15, 0.2) is 80.8 Å². The van der Waals surface area contributed by atoms with E-state index in [0.717, 1.165) is 11.1 Å². The molecule has 27 heavy (non-hydrogen) atoms. The molecule has 0 unspecified atom stereocenters. The first-order valence-corrected chi connectivity index (χ1v) is 8.76. The summed E-state index contributed by atoms with van der Waals surface area (Å²) < 4.78 is 17.1. The van der Waals surface area contributed by atoms with Crippen LogP contribution in [0.1, 0.15) is 18.2 Å². The minimum atomic E-state index is 0.222. The SMILES string of the molecule is C=C/C=C(Cl)\C(=C/C)OCc1ccc(-c2nnc(-c3ccc(C)cc3)o2)o1. The zero-order chi connectivity index (χ0) is 19.2. The molecule has 0 atom stereocenters. The summed E-state index contributed by atoms with van der Waals surface area (Å²) in [7, 11) is 0. The third-order valence-electron chi connectivity index (χ3n) is 3.73. The maximum Gasteiger partial charge on any atom is 0.283 e. The molecule has 0 fully saturated rings. The molecule has 3 rings (SSSR count). The van der Waals surface area contributed by atoms with Gasteiger partial charge in [0.2, 0.25) is 5.89 Å². The Balaban J connectivity index is 1.70. The molecule has 0 amide bonds. The lowest BCUT2D eigenvalue weighted by molar-refractivity contribution is 0.186. The zero-order valence-corrected chi connectivity index (χ0v) is 15.9. The van der Waals surface area contributed by atoms with Gasteiger partial charge in [-0.15, -0.1) is 10.2 Å². The summed E-state index contributed by atoms with van der Waals surface area (Å²) in [5.74, 6) is 2.40. The smallest absolute Gasteiger partial charge is 0.283 e. The van der Waals surface area contributed by atoms with Crippen LogP contribution < -0.4 is 0 Å². The van der Waals surface area contributed by atoms with Crippen LogP contribution in [0.25, 0.3) is 23.1 Å². The number of halogens is 1. The molecular weight excluding hydrogens is 364 g/mol. The van der Waals surface area contributed by atoms with E-state index in [4.69, 9.17) is 25.2 Å². The van der Waals surface area contributed by atoms with Crippen LogP contribution in [-0.2, 0) is 11.3 Å². The fourth-order valence-corrected chi connectivity index (χ4v) is 2.58. The molecule has 0 aliphatic rings. The first-order chi connectivity index (χ1) is 13.1. The molecule has 3 aromatic rings. The lowest BCUT2D eigenvalue weighted by atomic mass is 10.1. The maximum atomic E-state index is 6.12. The molecule has 0 saturated heterocycles. The predicted octanol–water partition coefficient (Wildman–Crippen LogP) is 6.03. The second kappa shape index (κ2) is 8.56. The van der Waals surface area contributed by atoms with Gasteiger partial charge in [0, 0.05) is 5.56 Å². The van der Waals surface area contributed by atoms with Crippen molar-refractivity contribution >= 4 is 11.6 Å². The van der Waals surface area contributed by atoms with E-state index in [1.165, 1.54) is 0 Å². The Morgan fingerprint density at radius 1 is 1.11 bits per heavy atom. The Bertz CT molecular complexity index is 981. The third-order valence-corrected chi connectivity index (χ3v) is 4.04. The van der Waals surface area contributed by atoms with Crippen molar-refractivity contribution in [2.45, 2.75) is 20.5 Å². The molecule has 5 nitrogen and oxygen atoms in total. The van der Waals surface area contributed by atoms with E-state index >= 15 is 0 Å². The second-order valence-electron chi connectivity index (χ2n) is 5.74. The Kier molecular flexibility index (Phi) is 5.94. The fourth-order valence-electron chi connectivity index (χ4n) is 2.33. The highest BCUT2D eigenvalue weighted by Crippen LogP contribution is 2.26. The molecule has 6 heteroatoms. The fraction of sp³-hybridized carbons (Fsp3) is 0.143. The van der Waals surface area contributed by atoms with Gasteiger partial charge in [0.15, 0.2) is 5.76 Å². The second-order valence-corrected chi connectivity index (χ2v) is 6.14. The number of benzene rings is 1. The Morgan fingerprint density at radius 2 is 1.85 bits per heavy atom. The highest BCUT2D eigenvalue weighted by molar-refractivity contribution is 6.31. The quantitative estimate of drug-likeness (QED) is 0.368. The maximum absolute atomic E-state index is 6.12. The number of allylic oxidation sites excluding steroid dienone is 4. The first-order valence-electron chi connectivity index (χ1n) is 8.38. The van der Waals surface area contributed by atoms with Gasteiger partial charge in [-0.2, -0.15) is 0 Å². The molecule has 2 heterocycles. The molecule has 0 aliphatic heterocycles. The van der Waals surface area contributed by atoms with E-state index in [1.54, 1.807) is 30.4 Å². The van der Waals surface area contributed by atoms with Crippen LogP contribution in [0.2, 0.25) is 0 Å². The number of aromatic nitrogens is 2. The van der Waals surface area contributed by atoms with Gasteiger partial charge in [-0.3, -0.25) is 0 Å². The zero-order valence-electron chi connectivity index (χ0n) is 15.1. The minimum Gasteiger partial charge on any atom is -0.484 e. The van der Waals surface area contributed by atoms with Crippen molar-refractivity contribution in [2.24, 2.45) is 0 Å². The van der Waals surface area contributed by atoms with Crippen molar-refractivity contribution in [1.82, 2.24) is 10.2 Å². The Hall–Kier alpha value is -3.05. The number of ether oxygens (including phenoxy) is 1. The van der Waals surface area contributed by atoms with Gasteiger partial charge in [0.25, 0.3) is 5.89 Å². The molecule has 0 spiro atoms. The molecule has 0 saturated carbocycles. The summed E-state index contributed by atoms with van der Waals surface area (Å²) in [6.07, 6.45) is 5.04. The van der Waals surface area contributed by atoms with Gasteiger partial charge >= 0.3 is 0 Å². The van der Waals surface area contributed by atoms with E-state index in [0.29, 0.717) is 34.1 Å². The van der Waals surface area contributed by atoms with E-state index in [1.807, 2.05) is 38.1 Å². The predicted molar refractivity (Wildman–Crippen MR) is 105 cm³/mol. The molecule has 0 bridgehead atoms. The topological polar surface area (TPSA) is 61.3 Å². The van der Waals surface area contributed by atoms with Gasteiger partial charge < -0.3 is 13.6 Å². The number of furan rings is 1. The molecular formula is C21H19ClN2O3. The molecule has 2 aromatic heterocycles. The summed E-state index contributed by atoms with van der Waals surface area (Å²) in [6.45, 7) is 7.70. The lowest BCUT2D eigenvalue weighted by Gasteiger charge is -2.07. The van der Waals surface area contributed by atoms with Crippen LogP contribution >= 0.6 is 11.6 Å². The van der Waals surface area contributed by atoms with Gasteiger partial charge in [0.05, 0.1) is 5.03 Å². The molecule has 0 radical (unpaired) electrons. The van der Waals surface area contributed by atoms with Gasteiger partial charge in [-0.05, 0) is 50.3 Å².